The van der Waals surface area contributed by atoms with Crippen LogP contribution in [0.5, 0.6) is 17.2 Å². The first-order valence-electron chi connectivity index (χ1n) is 29.0. The predicted molar refractivity (Wildman–Crippen MR) is 328 cm³/mol. The average molecular weight is 1110 g/mol. The van der Waals surface area contributed by atoms with Crippen LogP contribution in [0, 0.1) is 20.8 Å². The Balaban J connectivity index is 0.804. The summed E-state index contributed by atoms with van der Waals surface area (Å²) in [6, 6.07) is 63.7. The molecule has 12 nitrogen and oxygen atoms in total. The van der Waals surface area contributed by atoms with Gasteiger partial charge in [-0.05, 0) is 116 Å². The monoisotopic (exact) mass is 1110 g/mol. The van der Waals surface area contributed by atoms with Crippen LogP contribution in [0.4, 0.5) is 5.69 Å². The number of aryl methyl sites for hydroxylation is 3. The number of benzene rings is 8. The second kappa shape index (κ2) is 27.7. The summed E-state index contributed by atoms with van der Waals surface area (Å²) < 4.78 is 19.9. The molecule has 0 amide bonds. The number of piperidine rings is 1. The van der Waals surface area contributed by atoms with Crippen molar-refractivity contribution >= 4 is 17.6 Å². The molecule has 428 valence electrons. The quantitative estimate of drug-likeness (QED) is 0.0409. The molecule has 0 saturated carbocycles. The zero-order valence-corrected chi connectivity index (χ0v) is 48.0. The second-order valence-corrected chi connectivity index (χ2v) is 22.6. The fraction of sp³-hybridized carbons (Fsp3) is 0.296. The summed E-state index contributed by atoms with van der Waals surface area (Å²) in [5, 5.41) is 23.1. The van der Waals surface area contributed by atoms with Gasteiger partial charge in [0, 0.05) is 67.7 Å². The maximum Gasteiger partial charge on any atom is 0.320 e. The molecule has 0 radical (unpaired) electrons. The van der Waals surface area contributed by atoms with Crippen molar-refractivity contribution in [3.05, 3.63) is 260 Å². The molecule has 83 heavy (non-hydrogen) atoms. The lowest BCUT2D eigenvalue weighted by Crippen LogP contribution is -2.50. The summed E-state index contributed by atoms with van der Waals surface area (Å²) in [5.74, 6) is 0.565. The predicted octanol–water partition coefficient (Wildman–Crippen LogP) is 12.5. The van der Waals surface area contributed by atoms with E-state index in [9.17, 15) is 19.8 Å². The van der Waals surface area contributed by atoms with Crippen LogP contribution >= 0.6 is 0 Å². The van der Waals surface area contributed by atoms with E-state index >= 15 is 0 Å². The molecule has 0 aliphatic carbocycles. The third-order valence-electron chi connectivity index (χ3n) is 16.1. The number of anilines is 1. The molecule has 2 aliphatic heterocycles. The smallest absolute Gasteiger partial charge is 0.320 e. The Morgan fingerprint density at radius 1 is 0.578 bits per heavy atom. The van der Waals surface area contributed by atoms with E-state index in [0.29, 0.717) is 65.4 Å². The van der Waals surface area contributed by atoms with Crippen LogP contribution in [0.3, 0.4) is 0 Å². The minimum absolute atomic E-state index is 0.0121. The third-order valence-corrected chi connectivity index (χ3v) is 16.1. The molecule has 0 aromatic heterocycles. The van der Waals surface area contributed by atoms with E-state index in [-0.39, 0.29) is 12.1 Å². The van der Waals surface area contributed by atoms with Crippen LogP contribution in [0.2, 0.25) is 0 Å². The van der Waals surface area contributed by atoms with E-state index in [1.54, 1.807) is 0 Å². The number of nitrogens with two attached hydrogens (primary N) is 1. The molecule has 1 fully saturated rings. The number of carboxylic acid groups (broad SMARTS) is 2. The van der Waals surface area contributed by atoms with Crippen LogP contribution in [0.15, 0.2) is 188 Å². The number of para-hydroxylation sites is 4. The molecule has 0 spiro atoms. The molecule has 2 aliphatic rings. The zero-order valence-electron chi connectivity index (χ0n) is 48.0. The summed E-state index contributed by atoms with van der Waals surface area (Å²) in [5.41, 5.74) is 22.1. The second-order valence-electron chi connectivity index (χ2n) is 22.6. The van der Waals surface area contributed by atoms with Gasteiger partial charge < -0.3 is 40.4 Å². The van der Waals surface area contributed by atoms with Gasteiger partial charge in [-0.15, -0.1) is 0 Å². The lowest BCUT2D eigenvalue weighted by molar-refractivity contribution is -0.141. The number of aliphatic carboxylic acids is 2. The van der Waals surface area contributed by atoms with Gasteiger partial charge in [0.1, 0.15) is 49.2 Å². The molecule has 8 aromatic rings. The van der Waals surface area contributed by atoms with E-state index in [4.69, 9.17) is 19.9 Å². The summed E-state index contributed by atoms with van der Waals surface area (Å²) >= 11 is 0. The van der Waals surface area contributed by atoms with Crippen LogP contribution in [0.25, 0.3) is 0 Å². The molecule has 12 heteroatoms. The Kier molecular flexibility index (Phi) is 19.3. The maximum absolute atomic E-state index is 12.3. The standard InChI is InChI=1S/C71H77N5O7/c1-49-15-12-18-53(33-49)41-76-45-66(62-24-7-8-25-65(62)76)74(32-30-63(72)70(77)78)42-58-21-4-9-26-67(58)83-48-57-36-51(3)35-56(39-57)38-52-17-14-20-55(37-52)47-82-69-28-11-6-23-60(69)44-75(61-29-31-73-64(40-61)71(79)80)43-59-22-5-10-27-68(59)81-46-54-19-13-16-50(2)34-54/h4-28,33-37,39,61,63-64,66,73H,29-32,38,40-48,72H2,1-3H3,(H,77,78)(H,79,80)/t61?,63-,64-,66?/m0/s1. The molecule has 2 heterocycles. The highest BCUT2D eigenvalue weighted by atomic mass is 16.5. The molecular formula is C71H77N5O7. The van der Waals surface area contributed by atoms with Crippen LogP contribution in [0.1, 0.15) is 97.6 Å². The number of fused-ring (bicyclic) bond motifs is 1. The highest BCUT2D eigenvalue weighted by Gasteiger charge is 2.34. The van der Waals surface area contributed by atoms with E-state index < -0.39 is 24.0 Å². The van der Waals surface area contributed by atoms with Crippen molar-refractivity contribution in [1.29, 1.82) is 0 Å². The molecule has 5 N–H and O–H groups in total. The topological polar surface area (TPSA) is 150 Å². The minimum Gasteiger partial charge on any atom is -0.489 e. The maximum atomic E-state index is 12.3. The van der Waals surface area contributed by atoms with Gasteiger partial charge in [-0.2, -0.15) is 0 Å². The first-order valence-corrected chi connectivity index (χ1v) is 29.0. The Morgan fingerprint density at radius 3 is 1.71 bits per heavy atom. The van der Waals surface area contributed by atoms with Gasteiger partial charge in [-0.3, -0.25) is 19.4 Å². The number of ether oxygens (including phenoxy) is 3. The van der Waals surface area contributed by atoms with E-state index in [2.05, 4.69) is 174 Å². The SMILES string of the molecule is Cc1cccc(COc2ccccc2CN(Cc2ccccc2OCc2cccc(Cc3cc(C)cc(COc4ccccc4CN(CC[C@H](N)C(=O)O)C4CN(Cc5cccc(C)c5)c5ccccc54)c3)c2)C2CCN[C@H](C(=O)O)C2)c1. The summed E-state index contributed by atoms with van der Waals surface area (Å²) in [6.45, 7) is 11.9. The van der Waals surface area contributed by atoms with Gasteiger partial charge >= 0.3 is 11.9 Å². The first-order chi connectivity index (χ1) is 40.4. The Hall–Kier alpha value is -8.26. The van der Waals surface area contributed by atoms with Gasteiger partial charge in [-0.25, -0.2) is 0 Å². The van der Waals surface area contributed by atoms with Crippen LogP contribution in [-0.2, 0) is 62.0 Å². The highest BCUT2D eigenvalue weighted by molar-refractivity contribution is 5.74. The van der Waals surface area contributed by atoms with Crippen molar-refractivity contribution < 1.29 is 34.0 Å². The Morgan fingerprint density at radius 2 is 1.08 bits per heavy atom. The fourth-order valence-corrected chi connectivity index (χ4v) is 11.9. The normalized spacial score (nSPS) is 16.2. The Bertz CT molecular complexity index is 3490. The van der Waals surface area contributed by atoms with Gasteiger partial charge in [0.25, 0.3) is 0 Å². The number of hydrogen-bond acceptors (Lipinski definition) is 10. The minimum atomic E-state index is -0.999. The van der Waals surface area contributed by atoms with Crippen molar-refractivity contribution in [2.75, 3.05) is 24.5 Å². The number of carboxylic acids is 2. The molecule has 4 atom stereocenters. The molecular weight excluding hydrogens is 1030 g/mol. The van der Waals surface area contributed by atoms with Crippen LogP contribution in [-0.4, -0.2) is 69.7 Å². The van der Waals surface area contributed by atoms with Crippen molar-refractivity contribution in [3.63, 3.8) is 0 Å². The Labute approximate surface area is 489 Å². The average Bonchev–Trinajstić information content (AvgIpc) is 4.03. The van der Waals surface area contributed by atoms with E-state index in [1.165, 1.54) is 39.1 Å². The van der Waals surface area contributed by atoms with E-state index in [1.807, 2.05) is 54.6 Å². The van der Waals surface area contributed by atoms with Gasteiger partial charge in [0.15, 0.2) is 0 Å². The van der Waals surface area contributed by atoms with Crippen LogP contribution < -0.4 is 30.2 Å². The number of hydrogen-bond donors (Lipinski definition) is 4. The van der Waals surface area contributed by atoms with Crippen molar-refractivity contribution in [2.24, 2.45) is 5.73 Å². The number of rotatable bonds is 26. The number of carbonyl (C=O) groups is 2. The molecule has 2 unspecified atom stereocenters. The third kappa shape index (κ3) is 15.6. The summed E-state index contributed by atoms with van der Waals surface area (Å²) in [7, 11) is 0. The zero-order chi connectivity index (χ0) is 57.7. The van der Waals surface area contributed by atoms with Crippen molar-refractivity contribution in [2.45, 2.75) is 117 Å². The number of nitrogens with zero attached hydrogens (tertiary/aromatic N) is 3. The fourth-order valence-electron chi connectivity index (χ4n) is 11.9. The highest BCUT2D eigenvalue weighted by Crippen LogP contribution is 2.41. The van der Waals surface area contributed by atoms with E-state index in [0.717, 1.165) is 82.1 Å². The van der Waals surface area contributed by atoms with Gasteiger partial charge in [-0.1, -0.05) is 180 Å². The molecule has 10 rings (SSSR count). The molecule has 8 aromatic carbocycles. The number of nitrogens with one attached hydrogen (secondary N) is 1. The lowest BCUT2D eigenvalue weighted by Gasteiger charge is -2.37. The molecule has 1 saturated heterocycles. The van der Waals surface area contributed by atoms with Crippen molar-refractivity contribution in [3.8, 4) is 17.2 Å². The first kappa shape index (κ1) is 58.0. The molecule has 0 bridgehead atoms. The van der Waals surface area contributed by atoms with Gasteiger partial charge in [0.2, 0.25) is 0 Å². The summed E-state index contributed by atoms with van der Waals surface area (Å²) in [6.07, 6.45) is 2.34. The van der Waals surface area contributed by atoms with Gasteiger partial charge in [0.05, 0.1) is 6.04 Å². The largest absolute Gasteiger partial charge is 0.489 e. The lowest BCUT2D eigenvalue weighted by atomic mass is 9.96. The van der Waals surface area contributed by atoms with Crippen molar-refractivity contribution in [1.82, 2.24) is 15.1 Å². The summed E-state index contributed by atoms with van der Waals surface area (Å²) in [4.78, 5) is 31.5.